The van der Waals surface area contributed by atoms with Gasteiger partial charge in [-0.1, -0.05) is 11.2 Å². The van der Waals surface area contributed by atoms with Crippen LogP contribution in [0.2, 0.25) is 0 Å². The molecule has 150 valence electrons. The fraction of sp³-hybridized carbons (Fsp3) is 0.526. The number of amides is 1. The molecule has 4 rings (SSSR count). The lowest BCUT2D eigenvalue weighted by Crippen LogP contribution is -2.54. The molecule has 2 aliphatic rings. The molecule has 0 aromatic carbocycles. The maximum absolute atomic E-state index is 12.7. The lowest BCUT2D eigenvalue weighted by Gasteiger charge is -2.40. The quantitative estimate of drug-likeness (QED) is 0.760. The first-order chi connectivity index (χ1) is 13.4. The molecule has 0 aliphatic carbocycles. The molecule has 2 aromatic rings. The van der Waals surface area contributed by atoms with Crippen molar-refractivity contribution < 1.29 is 17.7 Å². The van der Waals surface area contributed by atoms with E-state index in [9.17, 15) is 13.2 Å². The highest BCUT2D eigenvalue weighted by Crippen LogP contribution is 2.29. The van der Waals surface area contributed by atoms with Gasteiger partial charge in [0.05, 0.1) is 11.0 Å². The molecule has 0 spiro atoms. The number of rotatable bonds is 3. The van der Waals surface area contributed by atoms with Crippen LogP contribution >= 0.6 is 0 Å². The summed E-state index contributed by atoms with van der Waals surface area (Å²) in [6, 6.07) is 5.41. The molecule has 0 bridgehead atoms. The summed E-state index contributed by atoms with van der Waals surface area (Å²) < 4.78 is 30.5. The van der Waals surface area contributed by atoms with Crippen molar-refractivity contribution in [3.63, 3.8) is 0 Å². The van der Waals surface area contributed by atoms with Gasteiger partial charge in [0.2, 0.25) is 0 Å². The van der Waals surface area contributed by atoms with Crippen LogP contribution in [0.5, 0.6) is 0 Å². The first-order valence-corrected chi connectivity index (χ1v) is 11.2. The summed E-state index contributed by atoms with van der Waals surface area (Å²) in [5.41, 5.74) is 1.34. The van der Waals surface area contributed by atoms with E-state index in [0.717, 1.165) is 5.56 Å². The average molecular weight is 404 g/mol. The summed E-state index contributed by atoms with van der Waals surface area (Å²) in [7, 11) is -3.17. The Labute approximate surface area is 164 Å². The standard InChI is InChI=1S/C19H24N4O4S/c1-14-11-16(21-27-14)19(24)22-7-4-17-18(5-8-22)28(25,26)10-9-23(17)13-15-3-2-6-20-12-15/h2-3,6,11-12,17-18H,4-5,7-10,13H2,1H3/t17-,18+/m0/s1. The predicted octanol–water partition coefficient (Wildman–Crippen LogP) is 1.28. The number of hydrogen-bond acceptors (Lipinski definition) is 7. The predicted molar refractivity (Wildman–Crippen MR) is 102 cm³/mol. The van der Waals surface area contributed by atoms with Crippen LogP contribution in [0.4, 0.5) is 0 Å². The van der Waals surface area contributed by atoms with Crippen LogP contribution in [0.3, 0.4) is 0 Å². The number of aromatic nitrogens is 2. The van der Waals surface area contributed by atoms with E-state index in [1.54, 1.807) is 24.1 Å². The van der Waals surface area contributed by atoms with Gasteiger partial charge < -0.3 is 9.42 Å². The number of hydrogen-bond donors (Lipinski definition) is 0. The highest BCUT2D eigenvalue weighted by molar-refractivity contribution is 7.92. The summed E-state index contributed by atoms with van der Waals surface area (Å²) in [5.74, 6) is 0.536. The van der Waals surface area contributed by atoms with Crippen LogP contribution in [-0.4, -0.2) is 70.9 Å². The Morgan fingerprint density at radius 2 is 2.11 bits per heavy atom. The maximum Gasteiger partial charge on any atom is 0.276 e. The minimum absolute atomic E-state index is 0.101. The first-order valence-electron chi connectivity index (χ1n) is 9.51. The van der Waals surface area contributed by atoms with Crippen LogP contribution in [0, 0.1) is 6.92 Å². The molecular formula is C19H24N4O4S. The molecule has 2 saturated heterocycles. The zero-order valence-electron chi connectivity index (χ0n) is 15.8. The average Bonchev–Trinajstić information content (AvgIpc) is 2.98. The Morgan fingerprint density at radius 3 is 2.82 bits per heavy atom. The number of aryl methyl sites for hydroxylation is 1. The SMILES string of the molecule is Cc1cc(C(=O)N2CC[C@@H]3[C@H](CC2)N(Cc2cccnc2)CCS3(=O)=O)no1. The minimum Gasteiger partial charge on any atom is -0.361 e. The molecule has 9 heteroatoms. The number of nitrogens with zero attached hydrogens (tertiary/aromatic N) is 4. The second-order valence-electron chi connectivity index (χ2n) is 7.50. The van der Waals surface area contributed by atoms with Crippen LogP contribution in [0.15, 0.2) is 35.1 Å². The van der Waals surface area contributed by atoms with Crippen molar-refractivity contribution in [2.45, 2.75) is 37.6 Å². The molecule has 0 N–H and O–H groups in total. The Kier molecular flexibility index (Phi) is 5.20. The molecular weight excluding hydrogens is 380 g/mol. The zero-order valence-corrected chi connectivity index (χ0v) is 16.6. The number of likely N-dealkylation sites (tertiary alicyclic amines) is 1. The molecule has 8 nitrogen and oxygen atoms in total. The molecule has 4 heterocycles. The van der Waals surface area contributed by atoms with Crippen LogP contribution in [-0.2, 0) is 16.4 Å². The van der Waals surface area contributed by atoms with Gasteiger partial charge in [-0.3, -0.25) is 14.7 Å². The number of sulfone groups is 1. The number of fused-ring (bicyclic) bond motifs is 1. The zero-order chi connectivity index (χ0) is 19.7. The first kappa shape index (κ1) is 19.1. The van der Waals surface area contributed by atoms with E-state index >= 15 is 0 Å². The number of carbonyl (C=O) groups excluding carboxylic acids is 1. The monoisotopic (exact) mass is 404 g/mol. The summed E-state index contributed by atoms with van der Waals surface area (Å²) in [5, 5.41) is 3.36. The molecule has 2 aliphatic heterocycles. The third kappa shape index (κ3) is 3.81. The molecule has 28 heavy (non-hydrogen) atoms. The van der Waals surface area contributed by atoms with Gasteiger partial charge in [0.15, 0.2) is 15.5 Å². The van der Waals surface area contributed by atoms with Crippen molar-refractivity contribution in [1.29, 1.82) is 0 Å². The van der Waals surface area contributed by atoms with Crippen molar-refractivity contribution in [3.8, 4) is 0 Å². The molecule has 2 aromatic heterocycles. The van der Waals surface area contributed by atoms with E-state index in [1.807, 2.05) is 18.3 Å². The van der Waals surface area contributed by atoms with E-state index in [0.29, 0.717) is 44.8 Å². The normalized spacial score (nSPS) is 25.1. The van der Waals surface area contributed by atoms with Gasteiger partial charge in [-0.2, -0.15) is 0 Å². The third-order valence-electron chi connectivity index (χ3n) is 5.64. The van der Waals surface area contributed by atoms with Crippen LogP contribution in [0.25, 0.3) is 0 Å². The van der Waals surface area contributed by atoms with E-state index in [1.165, 1.54) is 0 Å². The van der Waals surface area contributed by atoms with Crippen molar-refractivity contribution in [2.75, 3.05) is 25.4 Å². The summed E-state index contributed by atoms with van der Waals surface area (Å²) >= 11 is 0. The van der Waals surface area contributed by atoms with E-state index in [2.05, 4.69) is 15.0 Å². The highest BCUT2D eigenvalue weighted by atomic mass is 32.2. The lowest BCUT2D eigenvalue weighted by molar-refractivity contribution is 0.0745. The molecule has 2 fully saturated rings. The fourth-order valence-corrected chi connectivity index (χ4v) is 6.26. The Balaban J connectivity index is 1.53. The minimum atomic E-state index is -3.17. The lowest BCUT2D eigenvalue weighted by atomic mass is 10.1. The smallest absolute Gasteiger partial charge is 0.276 e. The Morgan fingerprint density at radius 1 is 1.29 bits per heavy atom. The maximum atomic E-state index is 12.7. The van der Waals surface area contributed by atoms with Gasteiger partial charge in [0, 0.05) is 50.7 Å². The summed E-state index contributed by atoms with van der Waals surface area (Å²) in [6.45, 7) is 3.83. The molecule has 0 radical (unpaired) electrons. The second kappa shape index (κ2) is 7.63. The van der Waals surface area contributed by atoms with Crippen molar-refractivity contribution in [3.05, 3.63) is 47.6 Å². The van der Waals surface area contributed by atoms with E-state index in [4.69, 9.17) is 4.52 Å². The van der Waals surface area contributed by atoms with E-state index in [-0.39, 0.29) is 23.4 Å². The number of pyridine rings is 1. The van der Waals surface area contributed by atoms with Gasteiger partial charge in [0.25, 0.3) is 5.91 Å². The summed E-state index contributed by atoms with van der Waals surface area (Å²) in [6.07, 6.45) is 4.61. The molecule has 0 unspecified atom stereocenters. The second-order valence-corrected chi connectivity index (χ2v) is 9.84. The topological polar surface area (TPSA) is 96.6 Å². The van der Waals surface area contributed by atoms with Crippen molar-refractivity contribution in [1.82, 2.24) is 19.9 Å². The Bertz CT molecular complexity index is 944. The molecule has 1 amide bonds. The fourth-order valence-electron chi connectivity index (χ4n) is 4.21. The van der Waals surface area contributed by atoms with Gasteiger partial charge in [-0.25, -0.2) is 8.42 Å². The van der Waals surface area contributed by atoms with E-state index < -0.39 is 15.1 Å². The summed E-state index contributed by atoms with van der Waals surface area (Å²) in [4.78, 5) is 20.8. The van der Waals surface area contributed by atoms with Crippen molar-refractivity contribution >= 4 is 15.7 Å². The molecule has 2 atom stereocenters. The van der Waals surface area contributed by atoms with Gasteiger partial charge in [0.1, 0.15) is 5.76 Å². The number of carbonyl (C=O) groups is 1. The Hall–Kier alpha value is -2.26. The van der Waals surface area contributed by atoms with Crippen LogP contribution in [0.1, 0.15) is 34.7 Å². The van der Waals surface area contributed by atoms with Gasteiger partial charge in [-0.15, -0.1) is 0 Å². The van der Waals surface area contributed by atoms with Crippen molar-refractivity contribution in [2.24, 2.45) is 0 Å². The largest absolute Gasteiger partial charge is 0.361 e. The third-order valence-corrected chi connectivity index (χ3v) is 7.87. The molecule has 0 saturated carbocycles. The highest BCUT2D eigenvalue weighted by Gasteiger charge is 2.43. The van der Waals surface area contributed by atoms with Crippen LogP contribution < -0.4 is 0 Å². The van der Waals surface area contributed by atoms with Gasteiger partial charge >= 0.3 is 0 Å². The van der Waals surface area contributed by atoms with Gasteiger partial charge in [-0.05, 0) is 31.4 Å².